The number of allylic oxidation sites excluding steroid dienone is 4. The summed E-state index contributed by atoms with van der Waals surface area (Å²) in [7, 11) is 0. The summed E-state index contributed by atoms with van der Waals surface area (Å²) in [6.45, 7) is 0. The van der Waals surface area contributed by atoms with E-state index in [2.05, 4.69) is 31.9 Å². The average molecular weight is 390 g/mol. The maximum absolute atomic E-state index is 12.8. The monoisotopic (exact) mass is 388 g/mol. The van der Waals surface area contributed by atoms with Crippen LogP contribution in [0.3, 0.4) is 0 Å². The molecule has 3 heteroatoms. The second-order valence-corrected chi connectivity index (χ2v) is 6.03. The van der Waals surface area contributed by atoms with Crippen molar-refractivity contribution in [1.29, 1.82) is 0 Å². The Morgan fingerprint density at radius 2 is 0.950 bits per heavy atom. The van der Waals surface area contributed by atoms with Crippen molar-refractivity contribution in [3.63, 3.8) is 0 Å². The average Bonchev–Trinajstić information content (AvgIpc) is 2.71. The molecule has 0 fully saturated rings. The van der Waals surface area contributed by atoms with Crippen LogP contribution in [0.2, 0.25) is 0 Å². The number of ketones is 1. The van der Waals surface area contributed by atoms with Gasteiger partial charge >= 0.3 is 0 Å². The molecule has 3 rings (SSSR count). The van der Waals surface area contributed by atoms with Gasteiger partial charge in [-0.05, 0) is 43.0 Å². The molecule has 2 aromatic rings. The molecule has 98 valence electrons. The van der Waals surface area contributed by atoms with Crippen LogP contribution in [-0.2, 0) is 4.79 Å². The second-order valence-electron chi connectivity index (χ2n) is 4.44. The lowest BCUT2D eigenvalue weighted by atomic mass is 9.98. The Labute approximate surface area is 134 Å². The van der Waals surface area contributed by atoms with Gasteiger partial charge < -0.3 is 0 Å². The molecule has 0 radical (unpaired) electrons. The fourth-order valence-electron chi connectivity index (χ4n) is 2.27. The summed E-state index contributed by atoms with van der Waals surface area (Å²) < 4.78 is 1.63. The maximum Gasteiger partial charge on any atom is 0.196 e. The van der Waals surface area contributed by atoms with Crippen LogP contribution in [0.4, 0.5) is 0 Å². The van der Waals surface area contributed by atoms with E-state index >= 15 is 0 Å². The molecule has 0 aliphatic heterocycles. The minimum absolute atomic E-state index is 0.0427. The Balaban J connectivity index is 2.11. The number of carbonyl (C=O) groups is 1. The molecule has 0 saturated heterocycles. The van der Waals surface area contributed by atoms with Gasteiger partial charge in [-0.15, -0.1) is 0 Å². The van der Waals surface area contributed by atoms with E-state index in [-0.39, 0.29) is 5.78 Å². The fourth-order valence-corrected chi connectivity index (χ4v) is 3.48. The summed E-state index contributed by atoms with van der Waals surface area (Å²) in [5, 5.41) is 0. The molecular weight excluding hydrogens is 380 g/mol. The molecule has 1 aliphatic rings. The van der Waals surface area contributed by atoms with Gasteiger partial charge in [-0.2, -0.15) is 0 Å². The highest BCUT2D eigenvalue weighted by molar-refractivity contribution is 9.15. The number of halogens is 2. The van der Waals surface area contributed by atoms with Gasteiger partial charge in [0.2, 0.25) is 0 Å². The lowest BCUT2D eigenvalue weighted by molar-refractivity contribution is -0.108. The number of carbonyl (C=O) groups excluding carboxylic acids is 1. The summed E-state index contributed by atoms with van der Waals surface area (Å²) >= 11 is 7.08. The van der Waals surface area contributed by atoms with Gasteiger partial charge in [0.05, 0.1) is 0 Å². The molecule has 20 heavy (non-hydrogen) atoms. The Kier molecular flexibility index (Phi) is 3.72. The molecular formula is C17H10Br2O. The number of hydrogen-bond acceptors (Lipinski definition) is 1. The molecule has 0 saturated carbocycles. The number of benzene rings is 2. The minimum atomic E-state index is 0.0427. The quantitative estimate of drug-likeness (QED) is 0.691. The highest BCUT2D eigenvalue weighted by Gasteiger charge is 2.31. The first kappa shape index (κ1) is 13.5. The van der Waals surface area contributed by atoms with E-state index in [0.717, 1.165) is 20.1 Å². The number of Topliss-reactive ketones (excluding diaryl/α,β-unsaturated/α-hetero) is 1. The Bertz CT molecular complexity index is 665. The molecule has 0 spiro atoms. The zero-order valence-corrected chi connectivity index (χ0v) is 13.6. The second kappa shape index (κ2) is 5.51. The number of hydrogen-bond donors (Lipinski definition) is 0. The van der Waals surface area contributed by atoms with Crippen LogP contribution >= 0.6 is 31.9 Å². The van der Waals surface area contributed by atoms with Crippen LogP contribution < -0.4 is 0 Å². The normalized spacial score (nSPS) is 15.2. The first-order valence-corrected chi connectivity index (χ1v) is 7.74. The first-order chi connectivity index (χ1) is 9.70. The zero-order chi connectivity index (χ0) is 14.1. The first-order valence-electron chi connectivity index (χ1n) is 6.15. The largest absolute Gasteiger partial charge is 0.288 e. The van der Waals surface area contributed by atoms with E-state index in [1.165, 1.54) is 0 Å². The highest BCUT2D eigenvalue weighted by Crippen LogP contribution is 2.45. The summed E-state index contributed by atoms with van der Waals surface area (Å²) in [6.07, 6.45) is 0. The minimum Gasteiger partial charge on any atom is -0.288 e. The molecule has 0 amide bonds. The molecule has 0 N–H and O–H groups in total. The Hall–Kier alpha value is -1.45. The van der Waals surface area contributed by atoms with Gasteiger partial charge in [0.15, 0.2) is 5.78 Å². The van der Waals surface area contributed by atoms with Crippen LogP contribution in [0.1, 0.15) is 11.1 Å². The molecule has 0 bridgehead atoms. The van der Waals surface area contributed by atoms with Gasteiger partial charge in [0.25, 0.3) is 0 Å². The van der Waals surface area contributed by atoms with Crippen LogP contribution in [0, 0.1) is 0 Å². The SMILES string of the molecule is O=C1C(c2ccccc2)=C(Br)C(Br)=C1c1ccccc1. The third-order valence-corrected chi connectivity index (χ3v) is 5.33. The van der Waals surface area contributed by atoms with E-state index in [1.54, 1.807) is 0 Å². The highest BCUT2D eigenvalue weighted by atomic mass is 79.9. The van der Waals surface area contributed by atoms with E-state index in [4.69, 9.17) is 0 Å². The van der Waals surface area contributed by atoms with Crippen molar-refractivity contribution >= 4 is 48.8 Å². The van der Waals surface area contributed by atoms with Crippen LogP contribution in [0.5, 0.6) is 0 Å². The zero-order valence-electron chi connectivity index (χ0n) is 10.4. The summed E-state index contributed by atoms with van der Waals surface area (Å²) in [5.74, 6) is 0.0427. The van der Waals surface area contributed by atoms with Crippen molar-refractivity contribution < 1.29 is 4.79 Å². The van der Waals surface area contributed by atoms with Crippen molar-refractivity contribution in [3.8, 4) is 0 Å². The molecule has 0 aromatic heterocycles. The molecule has 2 aromatic carbocycles. The molecule has 0 unspecified atom stereocenters. The lowest BCUT2D eigenvalue weighted by Crippen LogP contribution is -2.01. The van der Waals surface area contributed by atoms with Crippen LogP contribution in [0.15, 0.2) is 69.6 Å². The van der Waals surface area contributed by atoms with Gasteiger partial charge in [-0.25, -0.2) is 0 Å². The summed E-state index contributed by atoms with van der Waals surface area (Å²) in [4.78, 5) is 12.8. The molecule has 0 atom stereocenters. The number of rotatable bonds is 2. The van der Waals surface area contributed by atoms with E-state index < -0.39 is 0 Å². The molecule has 1 nitrogen and oxygen atoms in total. The lowest BCUT2D eigenvalue weighted by Gasteiger charge is -2.05. The smallest absolute Gasteiger partial charge is 0.196 e. The van der Waals surface area contributed by atoms with Crippen molar-refractivity contribution in [2.75, 3.05) is 0 Å². The van der Waals surface area contributed by atoms with Gasteiger partial charge in [0, 0.05) is 20.1 Å². The topological polar surface area (TPSA) is 17.1 Å². The fraction of sp³-hybridized carbons (Fsp3) is 0. The van der Waals surface area contributed by atoms with Crippen molar-refractivity contribution in [3.05, 3.63) is 80.8 Å². The Morgan fingerprint density at radius 3 is 1.30 bits per heavy atom. The van der Waals surface area contributed by atoms with Crippen LogP contribution in [0.25, 0.3) is 11.1 Å². The van der Waals surface area contributed by atoms with E-state index in [1.807, 2.05) is 60.7 Å². The third-order valence-electron chi connectivity index (χ3n) is 3.21. The molecule has 1 aliphatic carbocycles. The van der Waals surface area contributed by atoms with Crippen LogP contribution in [-0.4, -0.2) is 5.78 Å². The van der Waals surface area contributed by atoms with Gasteiger partial charge in [0.1, 0.15) is 0 Å². The maximum atomic E-state index is 12.8. The van der Waals surface area contributed by atoms with E-state index in [9.17, 15) is 4.79 Å². The van der Waals surface area contributed by atoms with Crippen molar-refractivity contribution in [2.45, 2.75) is 0 Å². The summed E-state index contributed by atoms with van der Waals surface area (Å²) in [5.41, 5.74) is 3.26. The molecule has 0 heterocycles. The van der Waals surface area contributed by atoms with E-state index in [0.29, 0.717) is 11.1 Å². The standard InChI is InChI=1S/C17H10Br2O/c18-15-13(11-7-3-1-4-8-11)17(20)14(16(15)19)12-9-5-2-6-10-12/h1-10H. The van der Waals surface area contributed by atoms with Gasteiger partial charge in [-0.3, -0.25) is 4.79 Å². The van der Waals surface area contributed by atoms with Crippen molar-refractivity contribution in [2.24, 2.45) is 0 Å². The predicted octanol–water partition coefficient (Wildman–Crippen LogP) is 5.18. The Morgan fingerprint density at radius 1 is 0.600 bits per heavy atom. The van der Waals surface area contributed by atoms with Crippen molar-refractivity contribution in [1.82, 2.24) is 0 Å². The van der Waals surface area contributed by atoms with Gasteiger partial charge in [-0.1, -0.05) is 60.7 Å². The third kappa shape index (κ3) is 2.21. The predicted molar refractivity (Wildman–Crippen MR) is 89.6 cm³/mol. The summed E-state index contributed by atoms with van der Waals surface area (Å²) in [6, 6.07) is 19.4.